The highest BCUT2D eigenvalue weighted by molar-refractivity contribution is 6.39. The summed E-state index contributed by atoms with van der Waals surface area (Å²) in [6.45, 7) is 8.85. The van der Waals surface area contributed by atoms with Gasteiger partial charge in [0.05, 0.1) is 11.4 Å². The van der Waals surface area contributed by atoms with Crippen LogP contribution in [0.15, 0.2) is 57.6 Å². The summed E-state index contributed by atoms with van der Waals surface area (Å²) in [5.74, 6) is 0. The van der Waals surface area contributed by atoms with Crippen molar-refractivity contribution in [1.29, 1.82) is 0 Å². The fraction of sp³-hybridized carbons (Fsp3) is 0.286. The van der Waals surface area contributed by atoms with Crippen molar-refractivity contribution in [3.63, 3.8) is 0 Å². The topological polar surface area (TPSA) is 12.4 Å². The third-order valence-electron chi connectivity index (χ3n) is 5.31. The van der Waals surface area contributed by atoms with Crippen molar-refractivity contribution in [3.05, 3.63) is 69.3 Å². The monoisotopic (exact) mass is 287 g/mol. The van der Waals surface area contributed by atoms with E-state index in [9.17, 15) is 0 Å². The first kappa shape index (κ1) is 13.5. The van der Waals surface area contributed by atoms with E-state index in [4.69, 9.17) is 4.99 Å². The van der Waals surface area contributed by atoms with Crippen molar-refractivity contribution in [2.24, 2.45) is 4.99 Å². The van der Waals surface area contributed by atoms with E-state index in [0.29, 0.717) is 0 Å². The van der Waals surface area contributed by atoms with Gasteiger partial charge in [0.25, 0.3) is 0 Å². The molecule has 0 saturated heterocycles. The van der Waals surface area contributed by atoms with Crippen molar-refractivity contribution in [2.75, 3.05) is 0 Å². The van der Waals surface area contributed by atoms with Gasteiger partial charge in [-0.05, 0) is 80.5 Å². The summed E-state index contributed by atoms with van der Waals surface area (Å²) in [6.07, 6.45) is 8.81. The molecule has 1 aromatic rings. The summed E-state index contributed by atoms with van der Waals surface area (Å²) in [4.78, 5) is 4.90. The lowest BCUT2D eigenvalue weighted by Gasteiger charge is -2.11. The molecule has 1 heterocycles. The van der Waals surface area contributed by atoms with Crippen molar-refractivity contribution in [2.45, 2.75) is 40.5 Å². The van der Waals surface area contributed by atoms with Crippen molar-refractivity contribution >= 4 is 17.0 Å². The normalized spacial score (nSPS) is 18.9. The van der Waals surface area contributed by atoms with Crippen LogP contribution in [0.1, 0.15) is 43.9 Å². The Morgan fingerprint density at radius 2 is 1.82 bits per heavy atom. The molecule has 0 N–H and O–H groups in total. The molecule has 0 atom stereocenters. The van der Waals surface area contributed by atoms with Crippen molar-refractivity contribution in [3.8, 4) is 0 Å². The largest absolute Gasteiger partial charge is 0.247 e. The minimum atomic E-state index is 1.05. The number of aliphatic imine (C=N–C) groups is 1. The Bertz CT molecular complexity index is 854. The molecule has 0 aromatic heterocycles. The fourth-order valence-electron chi connectivity index (χ4n) is 3.69. The molecule has 1 heteroatoms. The highest BCUT2D eigenvalue weighted by atomic mass is 14.8. The zero-order valence-corrected chi connectivity index (χ0v) is 13.7. The van der Waals surface area contributed by atoms with E-state index in [1.165, 1.54) is 50.3 Å². The molecular weight excluding hydrogens is 266 g/mol. The second-order valence-corrected chi connectivity index (χ2v) is 6.64. The van der Waals surface area contributed by atoms with Crippen LogP contribution in [0.25, 0.3) is 5.57 Å². The molecule has 4 rings (SSSR count). The molecule has 110 valence electrons. The average molecular weight is 287 g/mol. The summed E-state index contributed by atoms with van der Waals surface area (Å²) < 4.78 is 0. The minimum Gasteiger partial charge on any atom is -0.247 e. The maximum absolute atomic E-state index is 4.90. The van der Waals surface area contributed by atoms with E-state index in [1.807, 2.05) is 0 Å². The molecule has 3 aliphatic rings. The lowest BCUT2D eigenvalue weighted by molar-refractivity contribution is 1.07. The van der Waals surface area contributed by atoms with Gasteiger partial charge in [0.2, 0.25) is 0 Å². The highest BCUT2D eigenvalue weighted by Crippen LogP contribution is 2.46. The van der Waals surface area contributed by atoms with Gasteiger partial charge in [-0.25, -0.2) is 4.99 Å². The molecule has 1 aromatic carbocycles. The molecule has 0 unspecified atom stereocenters. The zero-order valence-electron chi connectivity index (χ0n) is 13.7. The smallest absolute Gasteiger partial charge is 0.0750 e. The van der Waals surface area contributed by atoms with Crippen LogP contribution in [0.2, 0.25) is 0 Å². The van der Waals surface area contributed by atoms with Crippen LogP contribution in [0, 0.1) is 6.92 Å². The van der Waals surface area contributed by atoms with Gasteiger partial charge in [0, 0.05) is 11.1 Å². The predicted octanol–water partition coefficient (Wildman–Crippen LogP) is 5.63. The van der Waals surface area contributed by atoms with E-state index >= 15 is 0 Å². The zero-order chi connectivity index (χ0) is 15.4. The van der Waals surface area contributed by atoms with Gasteiger partial charge in [-0.2, -0.15) is 0 Å². The third-order valence-corrected chi connectivity index (χ3v) is 5.31. The quantitative estimate of drug-likeness (QED) is 0.668. The number of allylic oxidation sites excluding steroid dienone is 8. The van der Waals surface area contributed by atoms with Gasteiger partial charge in [-0.1, -0.05) is 23.8 Å². The summed E-state index contributed by atoms with van der Waals surface area (Å²) in [5.41, 5.74) is 13.5. The number of fused-ring (bicyclic) bond motifs is 3. The number of hydrogen-bond acceptors (Lipinski definition) is 1. The lowest BCUT2D eigenvalue weighted by Crippen LogP contribution is -1.96. The van der Waals surface area contributed by atoms with Gasteiger partial charge in [-0.3, -0.25) is 0 Å². The predicted molar refractivity (Wildman–Crippen MR) is 94.8 cm³/mol. The minimum absolute atomic E-state index is 1.05. The van der Waals surface area contributed by atoms with Crippen LogP contribution in [0.3, 0.4) is 0 Å². The van der Waals surface area contributed by atoms with Crippen LogP contribution in [-0.4, -0.2) is 5.71 Å². The molecule has 0 spiro atoms. The van der Waals surface area contributed by atoms with Gasteiger partial charge in [0.15, 0.2) is 0 Å². The van der Waals surface area contributed by atoms with Crippen LogP contribution in [-0.2, 0) is 6.42 Å². The molecule has 0 bridgehead atoms. The van der Waals surface area contributed by atoms with Gasteiger partial charge < -0.3 is 0 Å². The second kappa shape index (κ2) is 4.67. The van der Waals surface area contributed by atoms with Crippen LogP contribution in [0.5, 0.6) is 0 Å². The first-order chi connectivity index (χ1) is 10.6. The number of benzene rings is 1. The second-order valence-electron chi connectivity index (χ2n) is 6.64. The molecule has 22 heavy (non-hydrogen) atoms. The van der Waals surface area contributed by atoms with Gasteiger partial charge in [-0.15, -0.1) is 0 Å². The molecule has 0 radical (unpaired) electrons. The van der Waals surface area contributed by atoms with E-state index in [0.717, 1.165) is 18.5 Å². The van der Waals surface area contributed by atoms with Gasteiger partial charge >= 0.3 is 0 Å². The van der Waals surface area contributed by atoms with Crippen molar-refractivity contribution in [1.82, 2.24) is 0 Å². The Balaban J connectivity index is 1.79. The Kier molecular flexibility index (Phi) is 2.87. The maximum atomic E-state index is 4.90. The standard InChI is InChI=1S/C21H21N/c1-12-9-19-18(11-17(12)10-16-7-5-6-8-16)20-14(3)13(2)15(4)21(20)22-19/h5-7,9,11H,8,10H2,1-4H3. The third kappa shape index (κ3) is 1.81. The molecule has 2 aliphatic carbocycles. The fourth-order valence-corrected chi connectivity index (χ4v) is 3.69. The van der Waals surface area contributed by atoms with Crippen LogP contribution >= 0.6 is 0 Å². The molecule has 0 saturated carbocycles. The Morgan fingerprint density at radius 3 is 2.55 bits per heavy atom. The number of hydrogen-bond donors (Lipinski definition) is 0. The highest BCUT2D eigenvalue weighted by Gasteiger charge is 2.30. The van der Waals surface area contributed by atoms with E-state index in [2.05, 4.69) is 58.1 Å². The number of aryl methyl sites for hydroxylation is 1. The first-order valence-electron chi connectivity index (χ1n) is 8.03. The molecule has 1 nitrogen and oxygen atoms in total. The summed E-state index contributed by atoms with van der Waals surface area (Å²) in [7, 11) is 0. The molecule has 0 amide bonds. The van der Waals surface area contributed by atoms with E-state index in [1.54, 1.807) is 0 Å². The van der Waals surface area contributed by atoms with E-state index < -0.39 is 0 Å². The Morgan fingerprint density at radius 1 is 1.00 bits per heavy atom. The van der Waals surface area contributed by atoms with Crippen molar-refractivity contribution < 1.29 is 0 Å². The first-order valence-corrected chi connectivity index (χ1v) is 8.03. The van der Waals surface area contributed by atoms with Gasteiger partial charge in [0.1, 0.15) is 0 Å². The van der Waals surface area contributed by atoms with Crippen LogP contribution < -0.4 is 0 Å². The molecular formula is C21H21N. The summed E-state index contributed by atoms with van der Waals surface area (Å²) in [6, 6.07) is 4.65. The van der Waals surface area contributed by atoms with Crippen LogP contribution in [0.4, 0.5) is 5.69 Å². The number of nitrogens with zero attached hydrogens (tertiary/aromatic N) is 1. The summed E-state index contributed by atoms with van der Waals surface area (Å²) >= 11 is 0. The Labute approximate surface area is 132 Å². The SMILES string of the molecule is CC1=C(C)C(C)=C2C1=Nc1cc(C)c(CC3=CC=CC3)cc12. The lowest BCUT2D eigenvalue weighted by atomic mass is 9.93. The Hall–Kier alpha value is -2.15. The van der Waals surface area contributed by atoms with E-state index in [-0.39, 0.29) is 0 Å². The number of rotatable bonds is 2. The molecule has 0 fully saturated rings. The molecule has 1 aliphatic heterocycles. The maximum Gasteiger partial charge on any atom is 0.0750 e. The average Bonchev–Trinajstić information content (AvgIpc) is 3.16. The summed E-state index contributed by atoms with van der Waals surface area (Å²) in [5, 5.41) is 0.